The van der Waals surface area contributed by atoms with Crippen molar-refractivity contribution in [2.75, 3.05) is 4.90 Å². The van der Waals surface area contributed by atoms with E-state index in [1.807, 2.05) is 0 Å². The fourth-order valence-electron chi connectivity index (χ4n) is 10.2. The summed E-state index contributed by atoms with van der Waals surface area (Å²) in [5.74, 6) is 0. The minimum Gasteiger partial charge on any atom is -0.310 e. The monoisotopic (exact) mass is 803 g/mol. The largest absolute Gasteiger partial charge is 0.310 e. The number of pyridine rings is 1. The number of anilines is 3. The van der Waals surface area contributed by atoms with Gasteiger partial charge in [-0.1, -0.05) is 212 Å². The molecule has 3 heteroatoms. The first-order chi connectivity index (χ1) is 31.3. The summed E-state index contributed by atoms with van der Waals surface area (Å²) in [6.07, 6.45) is 0. The molecule has 9 aromatic carbocycles. The van der Waals surface area contributed by atoms with Crippen molar-refractivity contribution in [2.45, 2.75) is 5.41 Å². The van der Waals surface area contributed by atoms with Crippen LogP contribution in [0.3, 0.4) is 0 Å². The molecule has 0 saturated carbocycles. The number of para-hydroxylation sites is 1. The van der Waals surface area contributed by atoms with Crippen LogP contribution in [0.15, 0.2) is 249 Å². The van der Waals surface area contributed by atoms with Gasteiger partial charge in [0.1, 0.15) is 5.69 Å². The lowest BCUT2D eigenvalue weighted by Gasteiger charge is -2.34. The zero-order valence-corrected chi connectivity index (χ0v) is 34.5. The van der Waals surface area contributed by atoms with Crippen LogP contribution < -0.4 is 4.90 Å². The number of rotatable bonds is 8. The Morgan fingerprint density at radius 2 is 0.937 bits per heavy atom. The van der Waals surface area contributed by atoms with E-state index in [1.54, 1.807) is 0 Å². The third-order valence-electron chi connectivity index (χ3n) is 12.9. The van der Waals surface area contributed by atoms with Gasteiger partial charge in [0.2, 0.25) is 0 Å². The molecular weight excluding hydrogens is 763 g/mol. The summed E-state index contributed by atoms with van der Waals surface area (Å²) in [6.45, 7) is 0. The molecule has 0 spiro atoms. The van der Waals surface area contributed by atoms with E-state index in [9.17, 15) is 0 Å². The summed E-state index contributed by atoms with van der Waals surface area (Å²) in [6, 6.07) is 90.1. The Bertz CT molecular complexity index is 3380. The molecule has 0 N–H and O–H groups in total. The number of aromatic nitrogens is 2. The Morgan fingerprint density at radius 1 is 0.397 bits per heavy atom. The molecule has 0 atom stereocenters. The normalized spacial score (nSPS) is 12.6. The van der Waals surface area contributed by atoms with Crippen LogP contribution in [0.25, 0.3) is 61.1 Å². The average molecular weight is 804 g/mol. The second kappa shape index (κ2) is 15.0. The van der Waals surface area contributed by atoms with E-state index in [0.717, 1.165) is 67.0 Å². The molecule has 1 aliphatic rings. The van der Waals surface area contributed by atoms with E-state index in [2.05, 4.69) is 258 Å². The molecule has 0 aliphatic heterocycles. The lowest BCUT2D eigenvalue weighted by Crippen LogP contribution is -2.28. The highest BCUT2D eigenvalue weighted by Crippen LogP contribution is 2.59. The summed E-state index contributed by atoms with van der Waals surface area (Å²) in [7, 11) is 0. The fraction of sp³-hybridized carbons (Fsp3) is 0.0167. The average Bonchev–Trinajstić information content (AvgIpc) is 3.92. The molecule has 2 heterocycles. The van der Waals surface area contributed by atoms with Gasteiger partial charge in [-0.2, -0.15) is 5.10 Å². The molecule has 11 aromatic rings. The second-order valence-corrected chi connectivity index (χ2v) is 16.3. The summed E-state index contributed by atoms with van der Waals surface area (Å²) in [5, 5.41) is 7.79. The third-order valence-corrected chi connectivity index (χ3v) is 12.9. The van der Waals surface area contributed by atoms with Gasteiger partial charge < -0.3 is 4.90 Å². The smallest absolute Gasteiger partial charge is 0.101 e. The first-order valence-corrected chi connectivity index (χ1v) is 21.6. The van der Waals surface area contributed by atoms with Crippen LogP contribution in [-0.4, -0.2) is 9.61 Å². The number of hydrogen-bond acceptors (Lipinski definition) is 2. The number of fused-ring (bicyclic) bond motifs is 6. The summed E-state index contributed by atoms with van der Waals surface area (Å²) in [5.41, 5.74) is 17.7. The van der Waals surface area contributed by atoms with Crippen LogP contribution >= 0.6 is 0 Å². The zero-order valence-electron chi connectivity index (χ0n) is 34.5. The number of hydrogen-bond donors (Lipinski definition) is 0. The standard InChI is InChI=1S/C60H41N3/c1-7-22-42(23-8-1)55-40-45-38-39-49(41-51(45)59-56(43-24-9-2-10-25-43)58(61-63(55)59)44-26-11-3-12-27-44)62(48-32-17-6-18-33-48)54-37-21-36-53-57(54)50-34-19-20-35-52(50)60(53,46-28-13-4-14-29-46)47-30-15-5-16-31-47/h1-41H. The maximum Gasteiger partial charge on any atom is 0.101 e. The van der Waals surface area contributed by atoms with Crippen LogP contribution in [0.4, 0.5) is 17.1 Å². The van der Waals surface area contributed by atoms with Crippen LogP contribution in [0, 0.1) is 0 Å². The second-order valence-electron chi connectivity index (χ2n) is 16.3. The Morgan fingerprint density at radius 3 is 1.59 bits per heavy atom. The van der Waals surface area contributed by atoms with Gasteiger partial charge in [-0.15, -0.1) is 0 Å². The van der Waals surface area contributed by atoms with E-state index in [4.69, 9.17) is 5.10 Å². The fourth-order valence-corrected chi connectivity index (χ4v) is 10.2. The van der Waals surface area contributed by atoms with Crippen molar-refractivity contribution < 1.29 is 0 Å². The molecule has 0 saturated heterocycles. The van der Waals surface area contributed by atoms with E-state index < -0.39 is 5.41 Å². The first kappa shape index (κ1) is 36.6. The summed E-state index contributed by atoms with van der Waals surface area (Å²) >= 11 is 0. The molecule has 0 amide bonds. The maximum atomic E-state index is 5.53. The van der Waals surface area contributed by atoms with Crippen LogP contribution in [0.5, 0.6) is 0 Å². The Labute approximate surface area is 367 Å². The van der Waals surface area contributed by atoms with Crippen LogP contribution in [0.1, 0.15) is 22.3 Å². The van der Waals surface area contributed by atoms with Crippen molar-refractivity contribution in [3.05, 3.63) is 271 Å². The minimum atomic E-state index is -0.522. The molecule has 12 rings (SSSR count). The predicted molar refractivity (Wildman–Crippen MR) is 261 cm³/mol. The molecule has 2 aromatic heterocycles. The Hall–Kier alpha value is -8.27. The quantitative estimate of drug-likeness (QED) is 0.153. The van der Waals surface area contributed by atoms with Gasteiger partial charge in [0.15, 0.2) is 0 Å². The van der Waals surface area contributed by atoms with Crippen LogP contribution in [-0.2, 0) is 5.41 Å². The van der Waals surface area contributed by atoms with Crippen molar-refractivity contribution in [3.63, 3.8) is 0 Å². The predicted octanol–water partition coefficient (Wildman–Crippen LogP) is 15.3. The number of nitrogens with zero attached hydrogens (tertiary/aromatic N) is 3. The summed E-state index contributed by atoms with van der Waals surface area (Å²) in [4.78, 5) is 2.46. The van der Waals surface area contributed by atoms with Gasteiger partial charge in [0.25, 0.3) is 0 Å². The molecule has 0 radical (unpaired) electrons. The highest BCUT2D eigenvalue weighted by molar-refractivity contribution is 6.10. The highest BCUT2D eigenvalue weighted by Gasteiger charge is 2.47. The number of benzene rings is 9. The van der Waals surface area contributed by atoms with Gasteiger partial charge in [0.05, 0.1) is 22.3 Å². The lowest BCUT2D eigenvalue weighted by molar-refractivity contribution is 0.768. The highest BCUT2D eigenvalue weighted by atomic mass is 15.2. The Kier molecular flexibility index (Phi) is 8.72. The lowest BCUT2D eigenvalue weighted by atomic mass is 9.68. The SMILES string of the molecule is c1ccc(-c2nn3c(-c4ccccc4)cc4ccc(N(c5ccccc5)c5cccc6c5-c5ccccc5C6(c5ccccc5)c5ccccc5)cc4c3c2-c2ccccc2)cc1. The molecule has 63 heavy (non-hydrogen) atoms. The van der Waals surface area contributed by atoms with Crippen molar-refractivity contribution in [1.82, 2.24) is 9.61 Å². The maximum absolute atomic E-state index is 5.53. The van der Waals surface area contributed by atoms with Crippen LogP contribution in [0.2, 0.25) is 0 Å². The van der Waals surface area contributed by atoms with Crippen molar-refractivity contribution in [2.24, 2.45) is 0 Å². The van der Waals surface area contributed by atoms with E-state index in [1.165, 1.54) is 33.4 Å². The summed E-state index contributed by atoms with van der Waals surface area (Å²) < 4.78 is 2.18. The third kappa shape index (κ3) is 5.78. The van der Waals surface area contributed by atoms with E-state index in [0.29, 0.717) is 0 Å². The van der Waals surface area contributed by atoms with E-state index >= 15 is 0 Å². The minimum absolute atomic E-state index is 0.522. The van der Waals surface area contributed by atoms with Crippen molar-refractivity contribution >= 4 is 33.4 Å². The molecule has 3 nitrogen and oxygen atoms in total. The first-order valence-electron chi connectivity index (χ1n) is 21.6. The molecule has 1 aliphatic carbocycles. The van der Waals surface area contributed by atoms with Gasteiger partial charge in [-0.05, 0) is 75.2 Å². The van der Waals surface area contributed by atoms with Gasteiger partial charge in [-0.3, -0.25) is 0 Å². The Balaban J connectivity index is 1.17. The van der Waals surface area contributed by atoms with Crippen molar-refractivity contribution in [1.29, 1.82) is 0 Å². The van der Waals surface area contributed by atoms with E-state index in [-0.39, 0.29) is 0 Å². The van der Waals surface area contributed by atoms with Crippen molar-refractivity contribution in [3.8, 4) is 44.8 Å². The molecule has 0 fully saturated rings. The van der Waals surface area contributed by atoms with Gasteiger partial charge in [-0.25, -0.2) is 4.52 Å². The molecule has 0 bridgehead atoms. The topological polar surface area (TPSA) is 20.5 Å². The molecular formula is C60H41N3. The zero-order chi connectivity index (χ0) is 41.7. The molecule has 296 valence electrons. The van der Waals surface area contributed by atoms with Gasteiger partial charge >= 0.3 is 0 Å². The molecule has 0 unspecified atom stereocenters. The van der Waals surface area contributed by atoms with Gasteiger partial charge in [0, 0.05) is 39.0 Å².